The van der Waals surface area contributed by atoms with E-state index >= 15 is 0 Å². The Kier molecular flexibility index (Phi) is 4.41. The van der Waals surface area contributed by atoms with Crippen molar-refractivity contribution in [1.82, 2.24) is 0 Å². The summed E-state index contributed by atoms with van der Waals surface area (Å²) >= 11 is 0. The number of hydrogen-bond donors (Lipinski definition) is 6. The molecule has 1 saturated heterocycles. The summed E-state index contributed by atoms with van der Waals surface area (Å²) < 4.78 is 19.2. The minimum Gasteiger partial charge on any atom is -0.394 e. The van der Waals surface area contributed by atoms with Crippen LogP contribution in [0, 0.1) is 0 Å². The third-order valence-electron chi connectivity index (χ3n) is 2.06. The average molecular weight is 260 g/mol. The van der Waals surface area contributed by atoms with Crippen molar-refractivity contribution in [1.29, 1.82) is 0 Å². The van der Waals surface area contributed by atoms with Crippen LogP contribution in [0.2, 0.25) is 0 Å². The summed E-state index contributed by atoms with van der Waals surface area (Å²) in [5.41, 5.74) is 0. The Hall–Kier alpha value is -0.0900. The number of hydrogen-bond acceptors (Lipinski definition) is 7. The first-order valence-corrected chi connectivity index (χ1v) is 5.83. The van der Waals surface area contributed by atoms with Gasteiger partial charge in [0.05, 0.1) is 6.61 Å². The molecule has 1 fully saturated rings. The molecular formula is C6H13O9P. The lowest BCUT2D eigenvalue weighted by Crippen LogP contribution is -2.40. The van der Waals surface area contributed by atoms with Gasteiger partial charge in [0, 0.05) is 0 Å². The van der Waals surface area contributed by atoms with Crippen LogP contribution in [0.5, 0.6) is 0 Å². The van der Waals surface area contributed by atoms with Gasteiger partial charge in [0.25, 0.3) is 0 Å². The van der Waals surface area contributed by atoms with Crippen LogP contribution >= 0.6 is 7.82 Å². The summed E-state index contributed by atoms with van der Waals surface area (Å²) in [5, 5.41) is 36.4. The van der Waals surface area contributed by atoms with Crippen LogP contribution in [-0.4, -0.2) is 67.5 Å². The van der Waals surface area contributed by atoms with Gasteiger partial charge in [0.1, 0.15) is 24.4 Å². The quantitative estimate of drug-likeness (QED) is 0.288. The van der Waals surface area contributed by atoms with Crippen LogP contribution in [0.3, 0.4) is 0 Å². The summed E-state index contributed by atoms with van der Waals surface area (Å²) in [5.74, 6) is 0. The molecule has 5 atom stereocenters. The van der Waals surface area contributed by atoms with Gasteiger partial charge in [0.15, 0.2) is 6.29 Å². The minimum absolute atomic E-state index is 0.739. The molecule has 1 aliphatic heterocycles. The van der Waals surface area contributed by atoms with Crippen LogP contribution in [0.1, 0.15) is 0 Å². The molecule has 6 N–H and O–H groups in total. The highest BCUT2D eigenvalue weighted by Gasteiger charge is 2.48. The summed E-state index contributed by atoms with van der Waals surface area (Å²) in [7, 11) is -4.88. The third-order valence-corrected chi connectivity index (χ3v) is 2.55. The second-order valence-electron chi connectivity index (χ2n) is 3.30. The second kappa shape index (κ2) is 5.05. The lowest BCUT2D eigenvalue weighted by Gasteiger charge is -2.18. The van der Waals surface area contributed by atoms with Crippen LogP contribution in [0.4, 0.5) is 0 Å². The molecule has 1 aliphatic rings. The molecule has 0 amide bonds. The van der Waals surface area contributed by atoms with E-state index in [1.807, 2.05) is 0 Å². The number of ether oxygens (including phenoxy) is 1. The van der Waals surface area contributed by atoms with Crippen molar-refractivity contribution < 1.29 is 44.0 Å². The van der Waals surface area contributed by atoms with E-state index in [0.29, 0.717) is 0 Å². The number of rotatable bonds is 4. The fraction of sp³-hybridized carbons (Fsp3) is 1.00. The van der Waals surface area contributed by atoms with Crippen molar-refractivity contribution in [3.63, 3.8) is 0 Å². The Morgan fingerprint density at radius 2 is 1.88 bits per heavy atom. The predicted octanol–water partition coefficient (Wildman–Crippen LogP) is -3.10. The zero-order chi connectivity index (χ0) is 12.5. The molecule has 9 nitrogen and oxygen atoms in total. The maximum absolute atomic E-state index is 10.5. The molecule has 0 aliphatic carbocycles. The zero-order valence-corrected chi connectivity index (χ0v) is 8.84. The van der Waals surface area contributed by atoms with Crippen molar-refractivity contribution in [3.05, 3.63) is 0 Å². The first-order chi connectivity index (χ1) is 7.26. The second-order valence-corrected chi connectivity index (χ2v) is 4.49. The molecule has 0 spiro atoms. The molecule has 0 saturated carbocycles. The largest absolute Gasteiger partial charge is 0.472 e. The summed E-state index contributed by atoms with van der Waals surface area (Å²) in [6.07, 6.45) is -7.97. The van der Waals surface area contributed by atoms with Gasteiger partial charge < -0.3 is 34.9 Å². The number of aliphatic hydroxyl groups excluding tert-OH is 4. The average Bonchev–Trinajstić information content (AvgIpc) is 2.43. The maximum Gasteiger partial charge on any atom is 0.472 e. The molecule has 0 unspecified atom stereocenters. The van der Waals surface area contributed by atoms with Gasteiger partial charge in [-0.25, -0.2) is 4.57 Å². The normalized spacial score (nSPS) is 37.6. The van der Waals surface area contributed by atoms with Crippen LogP contribution in [0.25, 0.3) is 0 Å². The highest BCUT2D eigenvalue weighted by Crippen LogP contribution is 2.41. The van der Waals surface area contributed by atoms with Crippen molar-refractivity contribution in [3.8, 4) is 0 Å². The maximum atomic E-state index is 10.5. The Labute approximate surface area is 90.1 Å². The van der Waals surface area contributed by atoms with E-state index < -0.39 is 45.1 Å². The molecule has 0 radical (unpaired) electrons. The molecule has 0 aromatic carbocycles. The summed E-state index contributed by atoms with van der Waals surface area (Å²) in [4.78, 5) is 16.9. The highest BCUT2D eigenvalue weighted by atomic mass is 31.2. The van der Waals surface area contributed by atoms with Crippen LogP contribution in [0.15, 0.2) is 0 Å². The summed E-state index contributed by atoms with van der Waals surface area (Å²) in [6.45, 7) is -0.739. The zero-order valence-electron chi connectivity index (χ0n) is 7.95. The Bertz CT molecular complexity index is 277. The molecular weight excluding hydrogens is 247 g/mol. The van der Waals surface area contributed by atoms with E-state index in [4.69, 9.17) is 24.7 Å². The Morgan fingerprint density at radius 3 is 2.31 bits per heavy atom. The molecule has 10 heteroatoms. The van der Waals surface area contributed by atoms with E-state index in [2.05, 4.69) is 4.52 Å². The smallest absolute Gasteiger partial charge is 0.394 e. The molecule has 96 valence electrons. The van der Waals surface area contributed by atoms with E-state index in [1.54, 1.807) is 0 Å². The molecule has 0 aromatic heterocycles. The van der Waals surface area contributed by atoms with Gasteiger partial charge in [-0.05, 0) is 0 Å². The van der Waals surface area contributed by atoms with E-state index in [1.165, 1.54) is 0 Å². The van der Waals surface area contributed by atoms with Crippen molar-refractivity contribution in [2.45, 2.75) is 30.7 Å². The highest BCUT2D eigenvalue weighted by molar-refractivity contribution is 7.46. The first-order valence-electron chi connectivity index (χ1n) is 4.30. The van der Waals surface area contributed by atoms with Gasteiger partial charge in [0.2, 0.25) is 0 Å². The SMILES string of the molecule is O=P(O)(O)O[C@H]1O[C@H]([C@H](O)CO)[C@H](O)[C@H]1O. The molecule has 1 rings (SSSR count). The Balaban J connectivity index is 2.68. The minimum atomic E-state index is -4.88. The molecule has 1 heterocycles. The third kappa shape index (κ3) is 3.20. The van der Waals surface area contributed by atoms with E-state index in [-0.39, 0.29) is 0 Å². The predicted molar refractivity (Wildman–Crippen MR) is 46.9 cm³/mol. The van der Waals surface area contributed by atoms with Crippen molar-refractivity contribution in [2.75, 3.05) is 6.61 Å². The van der Waals surface area contributed by atoms with Crippen LogP contribution < -0.4 is 0 Å². The van der Waals surface area contributed by atoms with Gasteiger partial charge in [-0.3, -0.25) is 4.52 Å². The van der Waals surface area contributed by atoms with Gasteiger partial charge >= 0.3 is 7.82 Å². The van der Waals surface area contributed by atoms with E-state index in [9.17, 15) is 14.8 Å². The number of phosphoric acid groups is 1. The van der Waals surface area contributed by atoms with Gasteiger partial charge in [-0.1, -0.05) is 0 Å². The molecule has 0 aromatic rings. The fourth-order valence-corrected chi connectivity index (χ4v) is 1.76. The number of aliphatic hydroxyl groups is 4. The van der Waals surface area contributed by atoms with Gasteiger partial charge in [-0.15, -0.1) is 0 Å². The Morgan fingerprint density at radius 1 is 1.31 bits per heavy atom. The van der Waals surface area contributed by atoms with E-state index in [0.717, 1.165) is 0 Å². The summed E-state index contributed by atoms with van der Waals surface area (Å²) in [6, 6.07) is 0. The van der Waals surface area contributed by atoms with Gasteiger partial charge in [-0.2, -0.15) is 0 Å². The molecule has 0 bridgehead atoms. The lowest BCUT2D eigenvalue weighted by atomic mass is 10.1. The fourth-order valence-electron chi connectivity index (χ4n) is 1.32. The monoisotopic (exact) mass is 260 g/mol. The van der Waals surface area contributed by atoms with Crippen molar-refractivity contribution in [2.24, 2.45) is 0 Å². The van der Waals surface area contributed by atoms with Crippen molar-refractivity contribution >= 4 is 7.82 Å². The lowest BCUT2D eigenvalue weighted by molar-refractivity contribution is -0.144. The van der Waals surface area contributed by atoms with Crippen LogP contribution in [-0.2, 0) is 13.8 Å². The standard InChI is InChI=1S/C6H13O9P/c7-1-2(8)5-3(9)4(10)6(14-5)15-16(11,12)13/h2-10H,1H2,(H2,11,12,13)/t2-,3-,4-,5-,6-/m1/s1. The molecule has 16 heavy (non-hydrogen) atoms. The topological polar surface area (TPSA) is 157 Å². The first kappa shape index (κ1) is 14.0. The number of phosphoric ester groups is 1.